The number of hydrogen-bond acceptors (Lipinski definition) is 1. The molecule has 94 valence electrons. The first-order valence-corrected chi connectivity index (χ1v) is 6.22. The summed E-state index contributed by atoms with van der Waals surface area (Å²) < 4.78 is 0. The van der Waals surface area contributed by atoms with Crippen molar-refractivity contribution in [1.29, 1.82) is 0 Å². The first-order chi connectivity index (χ1) is 8.70. The molecule has 0 aliphatic carbocycles. The molecule has 1 rings (SSSR count). The zero-order chi connectivity index (χ0) is 13.3. The highest BCUT2D eigenvalue weighted by atomic mass is 16.3. The van der Waals surface area contributed by atoms with Gasteiger partial charge < -0.3 is 5.11 Å². The maximum Gasteiger partial charge on any atom is 0.126 e. The zero-order valence-corrected chi connectivity index (χ0v) is 10.7. The van der Waals surface area contributed by atoms with Crippen molar-refractivity contribution in [2.75, 3.05) is 0 Å². The quantitative estimate of drug-likeness (QED) is 0.594. The smallest absolute Gasteiger partial charge is 0.126 e. The van der Waals surface area contributed by atoms with E-state index in [1.54, 1.807) is 0 Å². The normalized spacial score (nSPS) is 10.3. The van der Waals surface area contributed by atoms with Crippen molar-refractivity contribution in [3.05, 3.63) is 61.2 Å². The van der Waals surface area contributed by atoms with Crippen molar-refractivity contribution in [3.63, 3.8) is 0 Å². The molecule has 1 aromatic carbocycles. The molecule has 1 aromatic rings. The molecule has 0 saturated carbocycles. The van der Waals surface area contributed by atoms with Gasteiger partial charge in [0.05, 0.1) is 0 Å². The standard InChI is InChI=1S/C17H20O/c1-3-5-13-17(18,14-6-4-2)15-12-16-10-8-7-9-11-16/h3-4,7-11,18H,1-2,5-6,13-14H2. The molecule has 0 spiro atoms. The average Bonchev–Trinajstić information content (AvgIpc) is 2.42. The number of allylic oxidation sites excluding steroid dienone is 2. The lowest BCUT2D eigenvalue weighted by Gasteiger charge is -2.20. The van der Waals surface area contributed by atoms with Gasteiger partial charge in [0.15, 0.2) is 0 Å². The summed E-state index contributed by atoms with van der Waals surface area (Å²) in [7, 11) is 0. The third-order valence-corrected chi connectivity index (χ3v) is 2.74. The van der Waals surface area contributed by atoms with Crippen LogP contribution in [0.2, 0.25) is 0 Å². The Morgan fingerprint density at radius 1 is 1.06 bits per heavy atom. The van der Waals surface area contributed by atoms with Gasteiger partial charge in [-0.2, -0.15) is 0 Å². The van der Waals surface area contributed by atoms with Crippen LogP contribution in [-0.2, 0) is 0 Å². The van der Waals surface area contributed by atoms with Crippen molar-refractivity contribution in [2.24, 2.45) is 0 Å². The number of rotatable bonds is 6. The van der Waals surface area contributed by atoms with Crippen LogP contribution in [0, 0.1) is 11.8 Å². The van der Waals surface area contributed by atoms with Crippen LogP contribution in [0.1, 0.15) is 31.2 Å². The molecule has 0 aliphatic heterocycles. The van der Waals surface area contributed by atoms with E-state index in [4.69, 9.17) is 0 Å². The fraction of sp³-hybridized carbons (Fsp3) is 0.294. The van der Waals surface area contributed by atoms with E-state index in [1.807, 2.05) is 42.5 Å². The molecule has 0 aliphatic rings. The lowest BCUT2D eigenvalue weighted by molar-refractivity contribution is 0.0845. The molecule has 1 nitrogen and oxygen atoms in total. The Hall–Kier alpha value is -1.78. The van der Waals surface area contributed by atoms with Gasteiger partial charge >= 0.3 is 0 Å². The summed E-state index contributed by atoms with van der Waals surface area (Å²) in [5.41, 5.74) is -0.0220. The van der Waals surface area contributed by atoms with Gasteiger partial charge in [-0.15, -0.1) is 13.2 Å². The molecule has 0 fully saturated rings. The van der Waals surface area contributed by atoms with Gasteiger partial charge in [0.2, 0.25) is 0 Å². The van der Waals surface area contributed by atoms with Gasteiger partial charge in [-0.1, -0.05) is 42.2 Å². The highest BCUT2D eigenvalue weighted by Crippen LogP contribution is 2.19. The van der Waals surface area contributed by atoms with Gasteiger partial charge in [-0.25, -0.2) is 0 Å². The molecule has 1 heteroatoms. The van der Waals surface area contributed by atoms with Crippen LogP contribution in [0.4, 0.5) is 0 Å². The summed E-state index contributed by atoms with van der Waals surface area (Å²) in [5.74, 6) is 6.03. The minimum absolute atomic E-state index is 0.615. The number of benzene rings is 1. The van der Waals surface area contributed by atoms with E-state index in [1.165, 1.54) is 0 Å². The monoisotopic (exact) mass is 240 g/mol. The van der Waals surface area contributed by atoms with Crippen molar-refractivity contribution in [3.8, 4) is 11.8 Å². The van der Waals surface area contributed by atoms with E-state index >= 15 is 0 Å². The summed E-state index contributed by atoms with van der Waals surface area (Å²) in [6.07, 6.45) is 6.37. The highest BCUT2D eigenvalue weighted by Gasteiger charge is 2.21. The fourth-order valence-electron chi connectivity index (χ4n) is 1.64. The SMILES string of the molecule is C=CCCC(O)(C#Cc1ccccc1)CCC=C. The molecule has 0 heterocycles. The maximum absolute atomic E-state index is 10.5. The Balaban J connectivity index is 2.80. The Kier molecular flexibility index (Phi) is 5.97. The topological polar surface area (TPSA) is 20.2 Å². The van der Waals surface area contributed by atoms with Crippen molar-refractivity contribution in [2.45, 2.75) is 31.3 Å². The molecule has 18 heavy (non-hydrogen) atoms. The minimum atomic E-state index is -0.946. The van der Waals surface area contributed by atoms with E-state index in [9.17, 15) is 5.11 Å². The van der Waals surface area contributed by atoms with Gasteiger partial charge in [0.1, 0.15) is 5.60 Å². The van der Waals surface area contributed by atoms with Gasteiger partial charge in [-0.3, -0.25) is 0 Å². The summed E-state index contributed by atoms with van der Waals surface area (Å²) in [6, 6.07) is 9.71. The van der Waals surface area contributed by atoms with Crippen LogP contribution in [0.25, 0.3) is 0 Å². The third-order valence-electron chi connectivity index (χ3n) is 2.74. The van der Waals surface area contributed by atoms with Gasteiger partial charge in [0.25, 0.3) is 0 Å². The van der Waals surface area contributed by atoms with Crippen molar-refractivity contribution < 1.29 is 5.11 Å². The Morgan fingerprint density at radius 3 is 2.11 bits per heavy atom. The Labute approximate surface area is 110 Å². The van der Waals surface area contributed by atoms with Gasteiger partial charge in [-0.05, 0) is 37.8 Å². The molecule has 0 atom stereocenters. The number of aliphatic hydroxyl groups is 1. The molecule has 0 aromatic heterocycles. The van der Waals surface area contributed by atoms with Crippen LogP contribution < -0.4 is 0 Å². The summed E-state index contributed by atoms with van der Waals surface area (Å²) >= 11 is 0. The van der Waals surface area contributed by atoms with E-state index in [0.717, 1.165) is 18.4 Å². The lowest BCUT2D eigenvalue weighted by atomic mass is 9.92. The molecule has 0 amide bonds. The Morgan fingerprint density at radius 2 is 1.61 bits per heavy atom. The summed E-state index contributed by atoms with van der Waals surface area (Å²) in [6.45, 7) is 7.37. The van der Waals surface area contributed by atoms with Crippen molar-refractivity contribution >= 4 is 0 Å². The second kappa shape index (κ2) is 7.53. The molecule has 0 saturated heterocycles. The van der Waals surface area contributed by atoms with E-state index in [-0.39, 0.29) is 0 Å². The third kappa shape index (κ3) is 5.03. The van der Waals surface area contributed by atoms with Crippen LogP contribution in [0.15, 0.2) is 55.6 Å². The molecule has 0 unspecified atom stereocenters. The highest BCUT2D eigenvalue weighted by molar-refractivity contribution is 5.36. The molecule has 1 N–H and O–H groups in total. The zero-order valence-electron chi connectivity index (χ0n) is 10.7. The maximum atomic E-state index is 10.5. The van der Waals surface area contributed by atoms with Crippen LogP contribution >= 0.6 is 0 Å². The first kappa shape index (κ1) is 14.3. The largest absolute Gasteiger partial charge is 0.378 e. The van der Waals surface area contributed by atoms with Crippen LogP contribution in [-0.4, -0.2) is 10.7 Å². The second-order valence-electron chi connectivity index (χ2n) is 4.30. The summed E-state index contributed by atoms with van der Waals surface area (Å²) in [4.78, 5) is 0. The van der Waals surface area contributed by atoms with E-state index in [0.29, 0.717) is 12.8 Å². The number of hydrogen-bond donors (Lipinski definition) is 1. The van der Waals surface area contributed by atoms with Crippen molar-refractivity contribution in [1.82, 2.24) is 0 Å². The minimum Gasteiger partial charge on any atom is -0.378 e. The molecule has 0 radical (unpaired) electrons. The first-order valence-electron chi connectivity index (χ1n) is 6.22. The lowest BCUT2D eigenvalue weighted by Crippen LogP contribution is -2.26. The molecular weight excluding hydrogens is 220 g/mol. The molecule has 0 bridgehead atoms. The fourth-order valence-corrected chi connectivity index (χ4v) is 1.64. The van der Waals surface area contributed by atoms with E-state index in [2.05, 4.69) is 25.0 Å². The summed E-state index contributed by atoms with van der Waals surface area (Å²) in [5, 5.41) is 10.5. The van der Waals surface area contributed by atoms with Crippen LogP contribution in [0.3, 0.4) is 0 Å². The predicted octanol–water partition coefficient (Wildman–Crippen LogP) is 3.70. The van der Waals surface area contributed by atoms with Gasteiger partial charge in [0, 0.05) is 5.56 Å². The second-order valence-corrected chi connectivity index (χ2v) is 4.30. The molecular formula is C17H20O. The van der Waals surface area contributed by atoms with E-state index < -0.39 is 5.60 Å². The average molecular weight is 240 g/mol. The Bertz CT molecular complexity index is 422. The van der Waals surface area contributed by atoms with Crippen LogP contribution in [0.5, 0.6) is 0 Å². The predicted molar refractivity (Wildman–Crippen MR) is 77.1 cm³/mol.